The van der Waals surface area contributed by atoms with E-state index in [-0.39, 0.29) is 30.5 Å². The van der Waals surface area contributed by atoms with E-state index >= 15 is 0 Å². The van der Waals surface area contributed by atoms with Gasteiger partial charge in [0.2, 0.25) is 0 Å². The first-order chi connectivity index (χ1) is 12.8. The van der Waals surface area contributed by atoms with E-state index in [0.717, 1.165) is 16.8 Å². The number of carbonyl (C=O) groups excluding carboxylic acids is 1. The molecular formula is C21H32BNO5. The Balaban J connectivity index is 1.57. The molecule has 3 rings (SSSR count). The summed E-state index contributed by atoms with van der Waals surface area (Å²) in [6.45, 7) is 16.9. The van der Waals surface area contributed by atoms with E-state index in [9.17, 15) is 4.79 Å². The molecule has 0 aromatic heterocycles. The van der Waals surface area contributed by atoms with Gasteiger partial charge in [-0.3, -0.25) is 0 Å². The van der Waals surface area contributed by atoms with E-state index in [1.807, 2.05) is 73.6 Å². The highest BCUT2D eigenvalue weighted by Gasteiger charge is 2.51. The lowest BCUT2D eigenvalue weighted by Crippen LogP contribution is -2.57. The summed E-state index contributed by atoms with van der Waals surface area (Å²) in [5, 5.41) is 0. The van der Waals surface area contributed by atoms with E-state index in [1.54, 1.807) is 4.90 Å². The molecule has 0 atom stereocenters. The third-order valence-corrected chi connectivity index (χ3v) is 5.52. The Hall–Kier alpha value is -1.73. The van der Waals surface area contributed by atoms with Gasteiger partial charge in [-0.05, 0) is 72.5 Å². The Morgan fingerprint density at radius 1 is 1.14 bits per heavy atom. The maximum absolute atomic E-state index is 12.0. The molecule has 0 spiro atoms. The third-order valence-electron chi connectivity index (χ3n) is 5.52. The summed E-state index contributed by atoms with van der Waals surface area (Å²) in [4.78, 5) is 13.7. The van der Waals surface area contributed by atoms with Gasteiger partial charge in [-0.25, -0.2) is 4.79 Å². The highest BCUT2D eigenvalue weighted by atomic mass is 16.7. The minimum absolute atomic E-state index is 0.0195. The van der Waals surface area contributed by atoms with Crippen molar-refractivity contribution in [2.75, 3.05) is 13.1 Å². The Morgan fingerprint density at radius 2 is 1.71 bits per heavy atom. The fourth-order valence-corrected chi connectivity index (χ4v) is 3.10. The molecule has 2 aliphatic rings. The number of nitrogens with zero attached hydrogens (tertiary/aromatic N) is 1. The second-order valence-electron chi connectivity index (χ2n) is 9.74. The van der Waals surface area contributed by atoms with Crippen molar-refractivity contribution in [3.8, 4) is 5.75 Å². The van der Waals surface area contributed by atoms with Gasteiger partial charge in [-0.15, -0.1) is 0 Å². The minimum Gasteiger partial charge on any atom is -0.486 e. The third kappa shape index (κ3) is 4.30. The van der Waals surface area contributed by atoms with Crippen molar-refractivity contribution in [1.82, 2.24) is 4.90 Å². The molecule has 6 nitrogen and oxygen atoms in total. The molecule has 2 aliphatic heterocycles. The molecule has 1 aromatic rings. The number of amides is 1. The quantitative estimate of drug-likeness (QED) is 0.743. The van der Waals surface area contributed by atoms with Gasteiger partial charge < -0.3 is 23.7 Å². The van der Waals surface area contributed by atoms with Crippen molar-refractivity contribution in [2.45, 2.75) is 78.3 Å². The van der Waals surface area contributed by atoms with Crippen LogP contribution in [0.2, 0.25) is 0 Å². The van der Waals surface area contributed by atoms with Crippen LogP contribution in [0, 0.1) is 6.92 Å². The standard InChI is InChI=1S/C21H32BNO5/c1-14-11-15(22-27-20(5,6)21(7,8)28-22)9-10-17(14)25-16-12-23(13-16)18(24)26-19(2,3)4/h9-11,16H,12-13H2,1-8H3. The lowest BCUT2D eigenvalue weighted by Gasteiger charge is -2.39. The number of hydrogen-bond acceptors (Lipinski definition) is 5. The predicted octanol–water partition coefficient (Wildman–Crippen LogP) is 3.29. The molecule has 2 heterocycles. The van der Waals surface area contributed by atoms with E-state index in [2.05, 4.69) is 0 Å². The first-order valence-electron chi connectivity index (χ1n) is 9.88. The number of carbonyl (C=O) groups is 1. The molecule has 1 amide bonds. The van der Waals surface area contributed by atoms with Crippen LogP contribution in [0.1, 0.15) is 54.0 Å². The van der Waals surface area contributed by atoms with Gasteiger partial charge in [0.1, 0.15) is 17.5 Å². The van der Waals surface area contributed by atoms with Gasteiger partial charge in [0.15, 0.2) is 0 Å². The summed E-state index contributed by atoms with van der Waals surface area (Å²) in [6.07, 6.45) is -0.311. The maximum atomic E-state index is 12.0. The zero-order chi connectivity index (χ0) is 20.9. The second kappa shape index (κ2) is 6.96. The minimum atomic E-state index is -0.483. The van der Waals surface area contributed by atoms with Gasteiger partial charge in [-0.2, -0.15) is 0 Å². The van der Waals surface area contributed by atoms with Crippen LogP contribution in [0.4, 0.5) is 4.79 Å². The summed E-state index contributed by atoms with van der Waals surface area (Å²) in [5.41, 5.74) is 0.786. The highest BCUT2D eigenvalue weighted by molar-refractivity contribution is 6.62. The van der Waals surface area contributed by atoms with Crippen LogP contribution >= 0.6 is 0 Å². The van der Waals surface area contributed by atoms with E-state index in [1.165, 1.54) is 0 Å². The Morgan fingerprint density at radius 3 is 2.21 bits per heavy atom. The maximum Gasteiger partial charge on any atom is 0.494 e. The topological polar surface area (TPSA) is 57.2 Å². The number of ether oxygens (including phenoxy) is 2. The first-order valence-corrected chi connectivity index (χ1v) is 9.88. The van der Waals surface area contributed by atoms with Crippen molar-refractivity contribution in [2.24, 2.45) is 0 Å². The largest absolute Gasteiger partial charge is 0.494 e. The molecule has 1 aromatic carbocycles. The van der Waals surface area contributed by atoms with E-state index in [4.69, 9.17) is 18.8 Å². The summed E-state index contributed by atoms with van der Waals surface area (Å²) in [5.74, 6) is 0.814. The fourth-order valence-electron chi connectivity index (χ4n) is 3.10. The molecule has 0 unspecified atom stereocenters. The van der Waals surface area contributed by atoms with Crippen LogP contribution in [0.3, 0.4) is 0 Å². The molecule has 0 bridgehead atoms. The Labute approximate surface area is 168 Å². The SMILES string of the molecule is Cc1cc(B2OC(C)(C)C(C)(C)O2)ccc1OC1CN(C(=O)OC(C)(C)C)C1. The van der Waals surface area contributed by atoms with Gasteiger partial charge in [-0.1, -0.05) is 12.1 Å². The Bertz CT molecular complexity index is 734. The number of likely N-dealkylation sites (tertiary alicyclic amines) is 1. The number of benzene rings is 1. The fraction of sp³-hybridized carbons (Fsp3) is 0.667. The highest BCUT2D eigenvalue weighted by Crippen LogP contribution is 2.36. The zero-order valence-electron chi connectivity index (χ0n) is 18.3. The number of rotatable bonds is 3. The number of hydrogen-bond donors (Lipinski definition) is 0. The van der Waals surface area contributed by atoms with Gasteiger partial charge in [0, 0.05) is 0 Å². The average molecular weight is 389 g/mol. The van der Waals surface area contributed by atoms with E-state index in [0.29, 0.717) is 13.1 Å². The molecule has 2 fully saturated rings. The predicted molar refractivity (Wildman–Crippen MR) is 109 cm³/mol. The van der Waals surface area contributed by atoms with Crippen LogP contribution in [0.5, 0.6) is 5.75 Å². The average Bonchev–Trinajstić information content (AvgIpc) is 2.70. The van der Waals surface area contributed by atoms with Gasteiger partial charge in [0.05, 0.1) is 24.3 Å². The molecule has 0 aliphatic carbocycles. The van der Waals surface area contributed by atoms with Crippen molar-refractivity contribution < 1.29 is 23.6 Å². The van der Waals surface area contributed by atoms with E-state index < -0.39 is 5.60 Å². The van der Waals surface area contributed by atoms with Crippen molar-refractivity contribution in [3.05, 3.63) is 23.8 Å². The van der Waals surface area contributed by atoms with Crippen LogP contribution < -0.4 is 10.2 Å². The van der Waals surface area contributed by atoms with Crippen molar-refractivity contribution in [1.29, 1.82) is 0 Å². The van der Waals surface area contributed by atoms with Crippen LogP contribution in [-0.2, 0) is 14.0 Å². The van der Waals surface area contributed by atoms with Gasteiger partial charge in [0.25, 0.3) is 0 Å². The monoisotopic (exact) mass is 389 g/mol. The smallest absolute Gasteiger partial charge is 0.486 e. The van der Waals surface area contributed by atoms with Crippen LogP contribution in [0.15, 0.2) is 18.2 Å². The lowest BCUT2D eigenvalue weighted by atomic mass is 9.78. The summed E-state index contributed by atoms with van der Waals surface area (Å²) in [7, 11) is -0.385. The van der Waals surface area contributed by atoms with Gasteiger partial charge >= 0.3 is 13.2 Å². The molecule has 154 valence electrons. The van der Waals surface area contributed by atoms with Crippen molar-refractivity contribution in [3.63, 3.8) is 0 Å². The Kier molecular flexibility index (Phi) is 5.22. The number of aryl methyl sites for hydroxylation is 1. The van der Waals surface area contributed by atoms with Crippen LogP contribution in [-0.4, -0.2) is 54.1 Å². The van der Waals surface area contributed by atoms with Crippen LogP contribution in [0.25, 0.3) is 0 Å². The molecular weight excluding hydrogens is 357 g/mol. The molecule has 2 saturated heterocycles. The molecule has 28 heavy (non-hydrogen) atoms. The normalized spacial score (nSPS) is 21.4. The zero-order valence-corrected chi connectivity index (χ0v) is 18.3. The second-order valence-corrected chi connectivity index (χ2v) is 9.74. The lowest BCUT2D eigenvalue weighted by molar-refractivity contribution is -0.0222. The molecule has 7 heteroatoms. The summed E-state index contributed by atoms with van der Waals surface area (Å²) < 4.78 is 23.7. The summed E-state index contributed by atoms with van der Waals surface area (Å²) in [6, 6.07) is 5.97. The molecule has 0 saturated carbocycles. The first kappa shape index (κ1) is 21.0. The molecule has 0 radical (unpaired) electrons. The molecule has 0 N–H and O–H groups in total. The van der Waals surface area contributed by atoms with Crippen molar-refractivity contribution >= 4 is 18.7 Å². The summed E-state index contributed by atoms with van der Waals surface area (Å²) >= 11 is 0.